The molecule has 1 N–H and O–H groups in total. The van der Waals surface area contributed by atoms with Gasteiger partial charge < -0.3 is 10.1 Å². The Morgan fingerprint density at radius 2 is 2.12 bits per heavy atom. The van der Waals surface area contributed by atoms with Crippen molar-refractivity contribution in [1.29, 1.82) is 0 Å². The zero-order chi connectivity index (χ0) is 13.1. The minimum Gasteiger partial charge on any atom is -0.374 e. The number of likely N-dealkylation sites (N-methyl/N-ethyl adjacent to an activating group) is 1. The Morgan fingerprint density at radius 3 is 2.65 bits per heavy atom. The highest BCUT2D eigenvalue weighted by Crippen LogP contribution is 2.32. The van der Waals surface area contributed by atoms with Crippen LogP contribution < -0.4 is 5.32 Å². The number of hydrogen-bond donors (Lipinski definition) is 1. The average molecular weight is 304 g/mol. The number of rotatable bonds is 5. The van der Waals surface area contributed by atoms with E-state index in [-0.39, 0.29) is 11.9 Å². The van der Waals surface area contributed by atoms with E-state index in [1.54, 1.807) is 12.1 Å². The van der Waals surface area contributed by atoms with Crippen molar-refractivity contribution in [2.24, 2.45) is 0 Å². The first-order chi connectivity index (χ1) is 7.94. The van der Waals surface area contributed by atoms with Crippen molar-refractivity contribution in [3.05, 3.63) is 34.1 Å². The maximum Gasteiger partial charge on any atom is 0.142 e. The molecule has 0 fully saturated rings. The lowest BCUT2D eigenvalue weighted by Gasteiger charge is -2.34. The second-order valence-electron chi connectivity index (χ2n) is 4.40. The summed E-state index contributed by atoms with van der Waals surface area (Å²) in [6.45, 7) is 6.45. The molecule has 0 spiro atoms. The summed E-state index contributed by atoms with van der Waals surface area (Å²) in [6.07, 6.45) is 0. The third-order valence-electron chi connectivity index (χ3n) is 2.79. The lowest BCUT2D eigenvalue weighted by Crippen LogP contribution is -2.40. The maximum atomic E-state index is 14.1. The Bertz CT molecular complexity index is 382. The Balaban J connectivity index is 3.13. The molecule has 4 heteroatoms. The molecule has 0 bridgehead atoms. The van der Waals surface area contributed by atoms with E-state index in [0.717, 1.165) is 0 Å². The van der Waals surface area contributed by atoms with Crippen LogP contribution in [-0.2, 0) is 4.74 Å². The molecule has 0 heterocycles. The van der Waals surface area contributed by atoms with Gasteiger partial charge in [0.25, 0.3) is 0 Å². The van der Waals surface area contributed by atoms with E-state index in [2.05, 4.69) is 21.2 Å². The topological polar surface area (TPSA) is 21.3 Å². The molecule has 1 rings (SSSR count). The lowest BCUT2D eigenvalue weighted by molar-refractivity contribution is -0.0382. The van der Waals surface area contributed by atoms with E-state index in [4.69, 9.17) is 4.74 Å². The van der Waals surface area contributed by atoms with Gasteiger partial charge >= 0.3 is 0 Å². The van der Waals surface area contributed by atoms with Gasteiger partial charge in [-0.05, 0) is 49.8 Å². The molecular weight excluding hydrogens is 285 g/mol. The Labute approximate surface area is 111 Å². The summed E-state index contributed by atoms with van der Waals surface area (Å²) < 4.78 is 20.2. The second kappa shape index (κ2) is 5.94. The van der Waals surface area contributed by atoms with Crippen LogP contribution >= 0.6 is 15.9 Å². The van der Waals surface area contributed by atoms with Gasteiger partial charge in [-0.15, -0.1) is 0 Å². The number of halogens is 2. The number of ether oxygens (including phenoxy) is 1. The molecule has 0 aliphatic heterocycles. The molecule has 2 nitrogen and oxygen atoms in total. The maximum absolute atomic E-state index is 14.1. The van der Waals surface area contributed by atoms with E-state index >= 15 is 0 Å². The first-order valence-electron chi connectivity index (χ1n) is 5.69. The molecular formula is C13H19BrFNO. The smallest absolute Gasteiger partial charge is 0.142 e. The van der Waals surface area contributed by atoms with Gasteiger partial charge in [-0.2, -0.15) is 0 Å². The summed E-state index contributed by atoms with van der Waals surface area (Å²) in [5, 5.41) is 3.13. The van der Waals surface area contributed by atoms with Crippen molar-refractivity contribution < 1.29 is 9.13 Å². The Morgan fingerprint density at radius 1 is 1.47 bits per heavy atom. The van der Waals surface area contributed by atoms with Gasteiger partial charge in [-0.3, -0.25) is 0 Å². The van der Waals surface area contributed by atoms with Gasteiger partial charge in [-0.1, -0.05) is 12.1 Å². The molecule has 1 aromatic rings. The summed E-state index contributed by atoms with van der Waals surface area (Å²) in [4.78, 5) is 0. The highest BCUT2D eigenvalue weighted by molar-refractivity contribution is 9.10. The van der Waals surface area contributed by atoms with E-state index in [1.165, 1.54) is 0 Å². The van der Waals surface area contributed by atoms with Crippen molar-refractivity contribution in [2.75, 3.05) is 13.7 Å². The van der Waals surface area contributed by atoms with Crippen molar-refractivity contribution in [3.63, 3.8) is 0 Å². The quantitative estimate of drug-likeness (QED) is 0.896. The third kappa shape index (κ3) is 3.27. The highest BCUT2D eigenvalue weighted by atomic mass is 79.9. The van der Waals surface area contributed by atoms with Crippen LogP contribution in [0.25, 0.3) is 0 Å². The fraction of sp³-hybridized carbons (Fsp3) is 0.538. The summed E-state index contributed by atoms with van der Waals surface area (Å²) in [5.74, 6) is -0.236. The van der Waals surface area contributed by atoms with Crippen molar-refractivity contribution in [3.8, 4) is 0 Å². The summed E-state index contributed by atoms with van der Waals surface area (Å²) in [6, 6.07) is 5.11. The van der Waals surface area contributed by atoms with Crippen LogP contribution in [-0.4, -0.2) is 19.3 Å². The molecule has 0 amide bonds. The van der Waals surface area contributed by atoms with Gasteiger partial charge in [0.05, 0.1) is 16.1 Å². The molecule has 17 heavy (non-hydrogen) atoms. The average Bonchev–Trinajstić information content (AvgIpc) is 2.24. The fourth-order valence-corrected chi connectivity index (χ4v) is 2.46. The minimum absolute atomic E-state index is 0.194. The van der Waals surface area contributed by atoms with Crippen LogP contribution in [0.1, 0.15) is 32.4 Å². The molecule has 0 saturated carbocycles. The van der Waals surface area contributed by atoms with Crippen LogP contribution in [0.2, 0.25) is 0 Å². The van der Waals surface area contributed by atoms with Crippen molar-refractivity contribution >= 4 is 15.9 Å². The predicted octanol–water partition coefficient (Wildman–Crippen LogP) is 3.66. The fourth-order valence-electron chi connectivity index (χ4n) is 2.08. The third-order valence-corrected chi connectivity index (χ3v) is 3.41. The SMILES string of the molecule is CCOC(C)(C)C(NC)c1cccc(Br)c1F. The van der Waals surface area contributed by atoms with E-state index in [1.807, 2.05) is 33.9 Å². The predicted molar refractivity (Wildman–Crippen MR) is 71.6 cm³/mol. The molecule has 1 unspecified atom stereocenters. The van der Waals surface area contributed by atoms with E-state index in [0.29, 0.717) is 16.6 Å². The summed E-state index contributed by atoms with van der Waals surface area (Å²) >= 11 is 3.21. The molecule has 96 valence electrons. The van der Waals surface area contributed by atoms with Gasteiger partial charge in [0.1, 0.15) is 5.82 Å². The van der Waals surface area contributed by atoms with Crippen molar-refractivity contribution in [1.82, 2.24) is 5.32 Å². The molecule has 0 aromatic heterocycles. The van der Waals surface area contributed by atoms with Gasteiger partial charge in [-0.25, -0.2) is 4.39 Å². The van der Waals surface area contributed by atoms with Crippen LogP contribution in [0.15, 0.2) is 22.7 Å². The molecule has 0 saturated heterocycles. The largest absolute Gasteiger partial charge is 0.374 e. The first kappa shape index (κ1) is 14.6. The molecule has 1 aromatic carbocycles. The Hall–Kier alpha value is -0.450. The summed E-state index contributed by atoms with van der Waals surface area (Å²) in [7, 11) is 1.81. The monoisotopic (exact) mass is 303 g/mol. The minimum atomic E-state index is -0.467. The van der Waals surface area contributed by atoms with Gasteiger partial charge in [0.15, 0.2) is 0 Å². The van der Waals surface area contributed by atoms with Crippen LogP contribution in [0.5, 0.6) is 0 Å². The van der Waals surface area contributed by atoms with Crippen LogP contribution in [0, 0.1) is 5.82 Å². The molecule has 0 aliphatic rings. The van der Waals surface area contributed by atoms with E-state index in [9.17, 15) is 4.39 Å². The lowest BCUT2D eigenvalue weighted by atomic mass is 9.91. The Kier molecular flexibility index (Phi) is 5.10. The molecule has 0 radical (unpaired) electrons. The highest BCUT2D eigenvalue weighted by Gasteiger charge is 2.32. The second-order valence-corrected chi connectivity index (χ2v) is 5.26. The number of benzene rings is 1. The first-order valence-corrected chi connectivity index (χ1v) is 6.48. The zero-order valence-electron chi connectivity index (χ0n) is 10.7. The number of hydrogen-bond acceptors (Lipinski definition) is 2. The zero-order valence-corrected chi connectivity index (χ0v) is 12.3. The van der Waals surface area contributed by atoms with E-state index < -0.39 is 5.60 Å². The van der Waals surface area contributed by atoms with Gasteiger partial charge in [0.2, 0.25) is 0 Å². The van der Waals surface area contributed by atoms with Gasteiger partial charge in [0, 0.05) is 12.2 Å². The standard InChI is InChI=1S/C13H19BrFNO/c1-5-17-13(2,3)12(16-4)9-7-6-8-10(14)11(9)15/h6-8,12,16H,5H2,1-4H3. The van der Waals surface area contributed by atoms with Crippen molar-refractivity contribution in [2.45, 2.75) is 32.4 Å². The number of nitrogens with one attached hydrogen (secondary N) is 1. The van der Waals surface area contributed by atoms with Crippen LogP contribution in [0.4, 0.5) is 4.39 Å². The van der Waals surface area contributed by atoms with Crippen LogP contribution in [0.3, 0.4) is 0 Å². The summed E-state index contributed by atoms with van der Waals surface area (Å²) in [5.41, 5.74) is 0.144. The normalized spacial score (nSPS) is 13.8. The molecule has 1 atom stereocenters. The molecule has 0 aliphatic carbocycles.